The molecule has 1 unspecified atom stereocenters. The maximum Gasteiger partial charge on any atom is 0.311 e. The normalized spacial score (nSPS) is 16.2. The van der Waals surface area contributed by atoms with Gasteiger partial charge in [-0.1, -0.05) is 6.07 Å². The summed E-state index contributed by atoms with van der Waals surface area (Å²) >= 11 is 0. The quantitative estimate of drug-likeness (QED) is 0.0734. The molecular formula is C29H27N9O6. The van der Waals surface area contributed by atoms with Crippen LogP contribution >= 0.6 is 0 Å². The summed E-state index contributed by atoms with van der Waals surface area (Å²) in [7, 11) is 0. The van der Waals surface area contributed by atoms with E-state index in [0.29, 0.717) is 43.1 Å². The minimum Gasteiger partial charge on any atom is -0.384 e. The van der Waals surface area contributed by atoms with Crippen molar-refractivity contribution in [3.05, 3.63) is 76.0 Å². The number of rotatable bonds is 11. The van der Waals surface area contributed by atoms with E-state index in [-0.39, 0.29) is 35.5 Å². The van der Waals surface area contributed by atoms with Crippen LogP contribution in [0.1, 0.15) is 46.4 Å². The molecule has 224 valence electrons. The van der Waals surface area contributed by atoms with E-state index < -0.39 is 34.6 Å². The van der Waals surface area contributed by atoms with Gasteiger partial charge >= 0.3 is 5.69 Å². The van der Waals surface area contributed by atoms with Crippen LogP contribution in [-0.4, -0.2) is 67.8 Å². The number of carbonyl (C=O) groups is 4. The van der Waals surface area contributed by atoms with Gasteiger partial charge in [-0.3, -0.25) is 44.6 Å². The number of nitrogens with zero attached hydrogens (tertiary/aromatic N) is 4. The van der Waals surface area contributed by atoms with E-state index in [1.807, 2.05) is 12.1 Å². The fourth-order valence-corrected chi connectivity index (χ4v) is 5.30. The average Bonchev–Trinajstić information content (AvgIpc) is 3.57. The van der Waals surface area contributed by atoms with Crippen LogP contribution in [0.5, 0.6) is 0 Å². The van der Waals surface area contributed by atoms with Crippen molar-refractivity contribution in [2.45, 2.75) is 31.7 Å². The van der Waals surface area contributed by atoms with Crippen molar-refractivity contribution < 1.29 is 24.1 Å². The summed E-state index contributed by atoms with van der Waals surface area (Å²) in [6, 6.07) is 12.2. The highest BCUT2D eigenvalue weighted by atomic mass is 16.6. The number of hydrogen-bond acceptors (Lipinski definition) is 11. The number of aromatic amines is 1. The Morgan fingerprint density at radius 1 is 1.00 bits per heavy atom. The zero-order chi connectivity index (χ0) is 30.8. The van der Waals surface area contributed by atoms with Crippen LogP contribution in [0.4, 0.5) is 28.7 Å². The van der Waals surface area contributed by atoms with Crippen LogP contribution in [0.2, 0.25) is 0 Å². The van der Waals surface area contributed by atoms with Gasteiger partial charge in [-0.25, -0.2) is 4.98 Å². The Kier molecular flexibility index (Phi) is 7.58. The molecular weight excluding hydrogens is 570 g/mol. The first-order valence-electron chi connectivity index (χ1n) is 14.0. The number of unbranched alkanes of at least 4 members (excludes halogenated alkanes) is 1. The van der Waals surface area contributed by atoms with E-state index in [4.69, 9.17) is 0 Å². The lowest BCUT2D eigenvalue weighted by molar-refractivity contribution is -0.384. The van der Waals surface area contributed by atoms with Gasteiger partial charge < -0.3 is 16.0 Å². The fourth-order valence-electron chi connectivity index (χ4n) is 5.30. The molecule has 2 aliphatic rings. The second-order valence-corrected chi connectivity index (χ2v) is 10.4. The zero-order valence-corrected chi connectivity index (χ0v) is 23.3. The Morgan fingerprint density at radius 3 is 2.61 bits per heavy atom. The molecule has 15 heteroatoms. The number of H-pyrrole nitrogens is 1. The number of nitro groups is 1. The molecule has 44 heavy (non-hydrogen) atoms. The molecule has 1 atom stereocenters. The second-order valence-electron chi connectivity index (χ2n) is 10.4. The van der Waals surface area contributed by atoms with E-state index in [2.05, 4.69) is 36.4 Å². The number of aromatic nitrogens is 3. The number of benzene rings is 2. The maximum absolute atomic E-state index is 13.2. The molecule has 2 aromatic carbocycles. The van der Waals surface area contributed by atoms with Crippen LogP contribution in [0, 0.1) is 10.1 Å². The highest BCUT2D eigenvalue weighted by molar-refractivity contribution is 6.25. The molecule has 6 rings (SSSR count). The lowest BCUT2D eigenvalue weighted by atomic mass is 10.0. The predicted molar refractivity (Wildman–Crippen MR) is 160 cm³/mol. The average molecular weight is 598 g/mol. The first-order valence-corrected chi connectivity index (χ1v) is 14.0. The number of imide groups is 2. The van der Waals surface area contributed by atoms with Crippen molar-refractivity contribution in [3.63, 3.8) is 0 Å². The molecule has 5 N–H and O–H groups in total. The van der Waals surface area contributed by atoms with Crippen molar-refractivity contribution in [1.82, 2.24) is 25.4 Å². The lowest BCUT2D eigenvalue weighted by Crippen LogP contribution is -2.54. The fraction of sp³-hybridized carbons (Fsp3) is 0.241. The van der Waals surface area contributed by atoms with Gasteiger partial charge in [0.15, 0.2) is 0 Å². The molecule has 4 aromatic rings. The SMILES string of the molecule is O=C1CCC(N2C(=O)c3cccc(NCCCCNc4ccc([N+](=O)[O-])c(Nc5ccc6[nH]ncc6c5)n4)c3C2=O)C(=O)N1. The third-order valence-corrected chi connectivity index (χ3v) is 7.47. The Balaban J connectivity index is 1.04. The summed E-state index contributed by atoms with van der Waals surface area (Å²) in [4.78, 5) is 66.5. The molecule has 0 spiro atoms. The number of fused-ring (bicyclic) bond motifs is 2. The predicted octanol–water partition coefficient (Wildman–Crippen LogP) is 3.32. The molecule has 2 aliphatic heterocycles. The smallest absolute Gasteiger partial charge is 0.311 e. The zero-order valence-electron chi connectivity index (χ0n) is 23.3. The van der Waals surface area contributed by atoms with Crippen LogP contribution in [0.25, 0.3) is 10.9 Å². The third kappa shape index (κ3) is 5.49. The summed E-state index contributed by atoms with van der Waals surface area (Å²) in [6.45, 7) is 1.02. The van der Waals surface area contributed by atoms with Gasteiger partial charge in [0.25, 0.3) is 11.8 Å². The highest BCUT2D eigenvalue weighted by Gasteiger charge is 2.45. The second kappa shape index (κ2) is 11.8. The van der Waals surface area contributed by atoms with Gasteiger partial charge in [0.1, 0.15) is 11.9 Å². The summed E-state index contributed by atoms with van der Waals surface area (Å²) in [5.74, 6) is -1.63. The number of piperidine rings is 1. The number of amides is 4. The van der Waals surface area contributed by atoms with Crippen molar-refractivity contribution >= 4 is 63.2 Å². The van der Waals surface area contributed by atoms with Gasteiger partial charge in [-0.2, -0.15) is 5.10 Å². The van der Waals surface area contributed by atoms with Crippen LogP contribution in [0.15, 0.2) is 54.7 Å². The van der Waals surface area contributed by atoms with Gasteiger partial charge in [0, 0.05) is 42.3 Å². The molecule has 0 aliphatic carbocycles. The van der Waals surface area contributed by atoms with E-state index >= 15 is 0 Å². The number of nitrogens with one attached hydrogen (secondary N) is 5. The molecule has 4 amide bonds. The van der Waals surface area contributed by atoms with Crippen LogP contribution in [-0.2, 0) is 9.59 Å². The first kappa shape index (κ1) is 28.3. The number of anilines is 4. The highest BCUT2D eigenvalue weighted by Crippen LogP contribution is 2.32. The van der Waals surface area contributed by atoms with Gasteiger partial charge in [-0.05, 0) is 55.7 Å². The van der Waals surface area contributed by atoms with E-state index in [1.165, 1.54) is 6.07 Å². The molecule has 0 saturated carbocycles. The van der Waals surface area contributed by atoms with E-state index in [9.17, 15) is 29.3 Å². The summed E-state index contributed by atoms with van der Waals surface area (Å²) in [5.41, 5.74) is 2.23. The first-order chi connectivity index (χ1) is 21.3. The number of hydrogen-bond donors (Lipinski definition) is 5. The van der Waals surface area contributed by atoms with Crippen molar-refractivity contribution in [2.75, 3.05) is 29.0 Å². The summed E-state index contributed by atoms with van der Waals surface area (Å²) < 4.78 is 0. The minimum absolute atomic E-state index is 0.0540. The number of carbonyl (C=O) groups excluding carboxylic acids is 4. The lowest BCUT2D eigenvalue weighted by Gasteiger charge is -2.27. The van der Waals surface area contributed by atoms with Crippen LogP contribution in [0.3, 0.4) is 0 Å². The Morgan fingerprint density at radius 2 is 1.82 bits per heavy atom. The standard InChI is InChI=1S/C29H27N9O6/c39-24-11-9-22(27(40)35-24)37-28(41)18-4-3-5-20(25(18)29(37)42)30-12-1-2-13-31-23-10-8-21(38(43)44)26(34-23)33-17-6-7-19-16(14-17)15-32-36-19/h3-8,10,14-15,22,30H,1-2,9,11-13H2,(H,32,36)(H2,31,33,34)(H,35,39,40). The molecule has 15 nitrogen and oxygen atoms in total. The van der Waals surface area contributed by atoms with Crippen LogP contribution < -0.4 is 21.3 Å². The van der Waals surface area contributed by atoms with Crippen molar-refractivity contribution in [1.29, 1.82) is 0 Å². The monoisotopic (exact) mass is 597 g/mol. The summed E-state index contributed by atoms with van der Waals surface area (Å²) in [5, 5.41) is 30.9. The van der Waals surface area contributed by atoms with Gasteiger partial charge in [0.2, 0.25) is 17.6 Å². The largest absolute Gasteiger partial charge is 0.384 e. The molecule has 1 saturated heterocycles. The Bertz CT molecular complexity index is 1820. The number of pyridine rings is 1. The van der Waals surface area contributed by atoms with Crippen molar-refractivity contribution in [2.24, 2.45) is 0 Å². The Hall–Kier alpha value is -5.86. The molecule has 2 aromatic heterocycles. The minimum atomic E-state index is -1.03. The van der Waals surface area contributed by atoms with Crippen molar-refractivity contribution in [3.8, 4) is 0 Å². The Labute approximate surface area is 249 Å². The van der Waals surface area contributed by atoms with Gasteiger partial charge in [-0.15, -0.1) is 0 Å². The molecule has 1 fully saturated rings. The summed E-state index contributed by atoms with van der Waals surface area (Å²) in [6.07, 6.45) is 3.20. The topological polar surface area (TPSA) is 204 Å². The maximum atomic E-state index is 13.2. The van der Waals surface area contributed by atoms with Gasteiger partial charge in [0.05, 0.1) is 27.8 Å². The molecule has 0 bridgehead atoms. The van der Waals surface area contributed by atoms with E-state index in [0.717, 1.165) is 15.8 Å². The van der Waals surface area contributed by atoms with E-state index in [1.54, 1.807) is 36.5 Å². The molecule has 0 radical (unpaired) electrons. The third-order valence-electron chi connectivity index (χ3n) is 7.47. The molecule has 4 heterocycles.